The molecule has 1 unspecified atom stereocenters. The molecule has 0 saturated carbocycles. The van der Waals surface area contributed by atoms with E-state index in [1.165, 1.54) is 5.56 Å². The maximum Gasteiger partial charge on any atom is 0.254 e. The highest BCUT2D eigenvalue weighted by Gasteiger charge is 2.35. The molecular formula is C14H13NO2. The molecule has 1 aromatic carbocycles. The zero-order valence-electron chi connectivity index (χ0n) is 9.40. The van der Waals surface area contributed by atoms with Crippen molar-refractivity contribution in [3.05, 3.63) is 47.0 Å². The predicted molar refractivity (Wildman–Crippen MR) is 63.2 cm³/mol. The average Bonchev–Trinajstić information content (AvgIpc) is 2.66. The van der Waals surface area contributed by atoms with E-state index in [0.29, 0.717) is 29.9 Å². The minimum atomic E-state index is -0.189. The predicted octanol–water partition coefficient (Wildman–Crippen LogP) is 1.91. The van der Waals surface area contributed by atoms with Crippen LogP contribution in [0.3, 0.4) is 0 Å². The van der Waals surface area contributed by atoms with Crippen LogP contribution in [-0.4, -0.2) is 11.8 Å². The summed E-state index contributed by atoms with van der Waals surface area (Å²) >= 11 is 0. The Balaban J connectivity index is 1.89. The molecule has 1 heterocycles. The van der Waals surface area contributed by atoms with E-state index >= 15 is 0 Å². The van der Waals surface area contributed by atoms with Gasteiger partial charge in [0, 0.05) is 11.1 Å². The second-order valence-corrected chi connectivity index (χ2v) is 4.59. The van der Waals surface area contributed by atoms with Gasteiger partial charge in [0.05, 0.1) is 0 Å². The number of hydrogen-bond acceptors (Lipinski definition) is 2. The minimum Gasteiger partial charge on any atom is -0.289 e. The van der Waals surface area contributed by atoms with Crippen molar-refractivity contribution in [2.45, 2.75) is 25.2 Å². The molecular weight excluding hydrogens is 214 g/mol. The third-order valence-electron chi connectivity index (χ3n) is 3.60. The van der Waals surface area contributed by atoms with Crippen molar-refractivity contribution < 1.29 is 9.59 Å². The first-order chi connectivity index (χ1) is 8.25. The highest BCUT2D eigenvalue weighted by Crippen LogP contribution is 2.38. The molecule has 3 heteroatoms. The molecule has 86 valence electrons. The van der Waals surface area contributed by atoms with Crippen LogP contribution in [-0.2, 0) is 9.59 Å². The topological polar surface area (TPSA) is 46.2 Å². The fourth-order valence-corrected chi connectivity index (χ4v) is 2.69. The van der Waals surface area contributed by atoms with E-state index in [2.05, 4.69) is 17.4 Å². The van der Waals surface area contributed by atoms with E-state index in [9.17, 15) is 9.59 Å². The quantitative estimate of drug-likeness (QED) is 0.745. The standard InChI is InChI=1S/C14H13NO2/c16-13-11-7-6-10(8-12(11)14(17)15-13)9-4-2-1-3-5-9/h1-5,10H,6-8H2,(H,15,16,17). The lowest BCUT2D eigenvalue weighted by atomic mass is 9.81. The molecule has 0 saturated heterocycles. The van der Waals surface area contributed by atoms with Gasteiger partial charge in [-0.25, -0.2) is 0 Å². The first-order valence-electron chi connectivity index (χ1n) is 5.88. The lowest BCUT2D eigenvalue weighted by Gasteiger charge is -2.22. The van der Waals surface area contributed by atoms with Crippen LogP contribution in [0.25, 0.3) is 0 Å². The summed E-state index contributed by atoms with van der Waals surface area (Å²) in [5.74, 6) is -0.00579. The van der Waals surface area contributed by atoms with Gasteiger partial charge in [0.25, 0.3) is 11.8 Å². The largest absolute Gasteiger partial charge is 0.289 e. The number of imide groups is 1. The van der Waals surface area contributed by atoms with E-state index in [4.69, 9.17) is 0 Å². The molecule has 0 radical (unpaired) electrons. The number of amides is 2. The number of benzene rings is 1. The van der Waals surface area contributed by atoms with Crippen LogP contribution >= 0.6 is 0 Å². The molecule has 3 nitrogen and oxygen atoms in total. The Bertz CT molecular complexity index is 516. The maximum atomic E-state index is 11.6. The molecule has 3 rings (SSSR count). The Morgan fingerprint density at radius 1 is 1.00 bits per heavy atom. The fraction of sp³-hybridized carbons (Fsp3) is 0.286. The molecule has 1 N–H and O–H groups in total. The lowest BCUT2D eigenvalue weighted by Crippen LogP contribution is -2.22. The molecule has 0 bridgehead atoms. The highest BCUT2D eigenvalue weighted by atomic mass is 16.2. The Hall–Kier alpha value is -1.90. The van der Waals surface area contributed by atoms with Gasteiger partial charge in [0.15, 0.2) is 0 Å². The van der Waals surface area contributed by atoms with Crippen molar-refractivity contribution >= 4 is 11.8 Å². The van der Waals surface area contributed by atoms with E-state index in [1.807, 2.05) is 18.2 Å². The second kappa shape index (κ2) is 3.84. The highest BCUT2D eigenvalue weighted by molar-refractivity contribution is 6.19. The number of hydrogen-bond donors (Lipinski definition) is 1. The summed E-state index contributed by atoms with van der Waals surface area (Å²) in [6.07, 6.45) is 2.35. The van der Waals surface area contributed by atoms with Crippen molar-refractivity contribution in [1.82, 2.24) is 5.32 Å². The van der Waals surface area contributed by atoms with E-state index in [1.54, 1.807) is 0 Å². The molecule has 0 aromatic heterocycles. The Labute approximate surface area is 99.5 Å². The zero-order valence-corrected chi connectivity index (χ0v) is 9.40. The molecule has 2 amide bonds. The van der Waals surface area contributed by atoms with Crippen molar-refractivity contribution in [2.24, 2.45) is 0 Å². The molecule has 1 aromatic rings. The van der Waals surface area contributed by atoms with Crippen LogP contribution in [0, 0.1) is 0 Å². The van der Waals surface area contributed by atoms with Gasteiger partial charge >= 0.3 is 0 Å². The summed E-state index contributed by atoms with van der Waals surface area (Å²) in [7, 11) is 0. The van der Waals surface area contributed by atoms with Gasteiger partial charge < -0.3 is 0 Å². The summed E-state index contributed by atoms with van der Waals surface area (Å²) in [5, 5.41) is 2.38. The zero-order chi connectivity index (χ0) is 11.8. The van der Waals surface area contributed by atoms with Crippen LogP contribution in [0.15, 0.2) is 41.5 Å². The normalized spacial score (nSPS) is 23.6. The summed E-state index contributed by atoms with van der Waals surface area (Å²) in [5.41, 5.74) is 2.67. The van der Waals surface area contributed by atoms with Crippen molar-refractivity contribution in [1.29, 1.82) is 0 Å². The van der Waals surface area contributed by atoms with Crippen LogP contribution < -0.4 is 5.32 Å². The fourth-order valence-electron chi connectivity index (χ4n) is 2.69. The first kappa shape index (κ1) is 10.3. The van der Waals surface area contributed by atoms with Crippen molar-refractivity contribution in [3.8, 4) is 0 Å². The number of carbonyl (C=O) groups excluding carboxylic acids is 2. The molecule has 1 aliphatic carbocycles. The van der Waals surface area contributed by atoms with Gasteiger partial charge in [-0.15, -0.1) is 0 Å². The van der Waals surface area contributed by atoms with Gasteiger partial charge in [-0.3, -0.25) is 14.9 Å². The SMILES string of the molecule is O=C1NC(=O)C2=C1CCC(c1ccccc1)C2. The second-order valence-electron chi connectivity index (χ2n) is 4.59. The summed E-state index contributed by atoms with van der Waals surface area (Å²) in [4.78, 5) is 23.1. The molecule has 17 heavy (non-hydrogen) atoms. The Morgan fingerprint density at radius 2 is 1.71 bits per heavy atom. The monoisotopic (exact) mass is 227 g/mol. The lowest BCUT2D eigenvalue weighted by molar-refractivity contribution is -0.124. The van der Waals surface area contributed by atoms with E-state index in [-0.39, 0.29) is 11.8 Å². The van der Waals surface area contributed by atoms with Crippen molar-refractivity contribution in [3.63, 3.8) is 0 Å². The van der Waals surface area contributed by atoms with Gasteiger partial charge in [-0.2, -0.15) is 0 Å². The number of rotatable bonds is 1. The van der Waals surface area contributed by atoms with Gasteiger partial charge in [0.1, 0.15) is 0 Å². The molecule has 0 spiro atoms. The molecule has 0 fully saturated rings. The third kappa shape index (κ3) is 1.68. The van der Waals surface area contributed by atoms with E-state index in [0.717, 1.165) is 6.42 Å². The Kier molecular flexibility index (Phi) is 2.32. The van der Waals surface area contributed by atoms with Crippen LogP contribution in [0.5, 0.6) is 0 Å². The molecule has 2 aliphatic rings. The van der Waals surface area contributed by atoms with Gasteiger partial charge in [0.2, 0.25) is 0 Å². The minimum absolute atomic E-state index is 0.184. The Morgan fingerprint density at radius 3 is 2.47 bits per heavy atom. The van der Waals surface area contributed by atoms with Crippen molar-refractivity contribution in [2.75, 3.05) is 0 Å². The van der Waals surface area contributed by atoms with Crippen LogP contribution in [0.2, 0.25) is 0 Å². The molecule has 1 aliphatic heterocycles. The first-order valence-corrected chi connectivity index (χ1v) is 5.88. The van der Waals surface area contributed by atoms with Crippen LogP contribution in [0.4, 0.5) is 0 Å². The molecule has 1 atom stereocenters. The smallest absolute Gasteiger partial charge is 0.254 e. The van der Waals surface area contributed by atoms with Crippen LogP contribution in [0.1, 0.15) is 30.7 Å². The summed E-state index contributed by atoms with van der Waals surface area (Å²) < 4.78 is 0. The number of carbonyl (C=O) groups is 2. The van der Waals surface area contributed by atoms with E-state index < -0.39 is 0 Å². The van der Waals surface area contributed by atoms with Gasteiger partial charge in [-0.1, -0.05) is 30.3 Å². The third-order valence-corrected chi connectivity index (χ3v) is 3.60. The maximum absolute atomic E-state index is 11.6. The summed E-state index contributed by atoms with van der Waals surface area (Å²) in [6.45, 7) is 0. The summed E-state index contributed by atoms with van der Waals surface area (Å²) in [6, 6.07) is 10.2. The number of nitrogens with one attached hydrogen (secondary N) is 1. The van der Waals surface area contributed by atoms with Gasteiger partial charge in [-0.05, 0) is 30.7 Å². The average molecular weight is 227 g/mol.